The molecule has 1 saturated carbocycles. The van der Waals surface area contributed by atoms with Crippen LogP contribution < -0.4 is 0 Å². The zero-order chi connectivity index (χ0) is 24.3. The average molecular weight is 489 g/mol. The zero-order valence-electron chi connectivity index (χ0n) is 19.7. The molecule has 1 atom stereocenters. The Morgan fingerprint density at radius 2 is 1.91 bits per heavy atom. The Hall–Kier alpha value is -2.75. The molecule has 1 saturated heterocycles. The summed E-state index contributed by atoms with van der Waals surface area (Å²) in [6.07, 6.45) is 8.38. The maximum Gasteiger partial charge on any atom is 0.342 e. The molecule has 2 fully saturated rings. The van der Waals surface area contributed by atoms with E-state index in [0.29, 0.717) is 23.5 Å². The van der Waals surface area contributed by atoms with E-state index in [4.69, 9.17) is 4.74 Å². The quantitative estimate of drug-likeness (QED) is 0.551. The number of aromatic nitrogens is 3. The summed E-state index contributed by atoms with van der Waals surface area (Å²) >= 11 is 0. The van der Waals surface area contributed by atoms with E-state index in [1.165, 1.54) is 6.20 Å². The molecule has 1 aliphatic heterocycles. The summed E-state index contributed by atoms with van der Waals surface area (Å²) in [7, 11) is -3.14. The molecular weight excluding hydrogens is 456 g/mol. The summed E-state index contributed by atoms with van der Waals surface area (Å²) in [5.74, 6) is -0.319. The Bertz CT molecular complexity index is 1120. The van der Waals surface area contributed by atoms with Crippen molar-refractivity contribution in [2.75, 3.05) is 18.1 Å². The number of amides is 1. The molecule has 1 amide bonds. The van der Waals surface area contributed by atoms with E-state index in [1.807, 2.05) is 19.9 Å². The summed E-state index contributed by atoms with van der Waals surface area (Å²) in [5, 5.41) is 4.33. The lowest BCUT2D eigenvalue weighted by molar-refractivity contribution is -0.140. The second-order valence-corrected chi connectivity index (χ2v) is 11.7. The standard InChI is InChI=1S/C24H32N4O5S/c1-17(2)23-20(14-26-28(23)21-10-6-7-12-25-21)24(30)33-15-22(29)27(18-8-4-3-5-9-18)19-11-13-34(31,32)16-19/h6-7,10,12,14,17-19H,3-5,8-9,11,13,15-16H2,1-2H3. The molecule has 3 heterocycles. The SMILES string of the molecule is CC(C)c1c(C(=O)OCC(=O)N(C2CCCCC2)C2CCS(=O)(=O)C2)cnn1-c1ccccn1. The fourth-order valence-corrected chi connectivity index (χ4v) is 6.78. The van der Waals surface area contributed by atoms with E-state index >= 15 is 0 Å². The molecule has 4 rings (SSSR count). The van der Waals surface area contributed by atoms with E-state index in [2.05, 4.69) is 10.1 Å². The van der Waals surface area contributed by atoms with E-state index in [1.54, 1.807) is 27.9 Å². The van der Waals surface area contributed by atoms with Crippen molar-refractivity contribution >= 4 is 21.7 Å². The van der Waals surface area contributed by atoms with Gasteiger partial charge in [0.1, 0.15) is 5.56 Å². The summed E-state index contributed by atoms with van der Waals surface area (Å²) < 4.78 is 31.2. The molecule has 9 nitrogen and oxygen atoms in total. The highest BCUT2D eigenvalue weighted by Crippen LogP contribution is 2.29. The van der Waals surface area contributed by atoms with Gasteiger partial charge < -0.3 is 9.64 Å². The molecule has 1 aliphatic carbocycles. The van der Waals surface area contributed by atoms with Crippen LogP contribution in [0.3, 0.4) is 0 Å². The maximum absolute atomic E-state index is 13.2. The predicted molar refractivity (Wildman–Crippen MR) is 127 cm³/mol. The number of ether oxygens (including phenoxy) is 1. The maximum atomic E-state index is 13.2. The smallest absolute Gasteiger partial charge is 0.342 e. The van der Waals surface area contributed by atoms with Gasteiger partial charge in [-0.15, -0.1) is 0 Å². The number of rotatable bonds is 7. The minimum absolute atomic E-state index is 0.00335. The summed E-state index contributed by atoms with van der Waals surface area (Å²) in [5.41, 5.74) is 0.947. The van der Waals surface area contributed by atoms with Crippen LogP contribution in [0.25, 0.3) is 5.82 Å². The van der Waals surface area contributed by atoms with Crippen molar-refractivity contribution in [2.45, 2.75) is 70.4 Å². The second-order valence-electron chi connectivity index (χ2n) is 9.42. The van der Waals surface area contributed by atoms with Crippen LogP contribution >= 0.6 is 0 Å². The van der Waals surface area contributed by atoms with Gasteiger partial charge in [-0.1, -0.05) is 39.2 Å². The first-order valence-electron chi connectivity index (χ1n) is 11.9. The molecule has 2 aromatic heterocycles. The summed E-state index contributed by atoms with van der Waals surface area (Å²) in [4.78, 5) is 32.2. The van der Waals surface area contributed by atoms with Crippen LogP contribution in [0, 0.1) is 0 Å². The molecule has 0 radical (unpaired) electrons. The number of esters is 1. The highest BCUT2D eigenvalue weighted by Gasteiger charge is 2.39. The first-order valence-corrected chi connectivity index (χ1v) is 13.8. The minimum Gasteiger partial charge on any atom is -0.452 e. The third kappa shape index (κ3) is 5.32. The van der Waals surface area contributed by atoms with Gasteiger partial charge in [0.15, 0.2) is 22.3 Å². The van der Waals surface area contributed by atoms with Crippen molar-refractivity contribution in [1.29, 1.82) is 0 Å². The fraction of sp³-hybridized carbons (Fsp3) is 0.583. The van der Waals surface area contributed by atoms with Gasteiger partial charge in [0, 0.05) is 18.3 Å². The van der Waals surface area contributed by atoms with Gasteiger partial charge in [0.2, 0.25) is 0 Å². The highest BCUT2D eigenvalue weighted by atomic mass is 32.2. The number of carbonyl (C=O) groups excluding carboxylic acids is 2. The number of hydrogen-bond acceptors (Lipinski definition) is 7. The van der Waals surface area contributed by atoms with Gasteiger partial charge in [-0.05, 0) is 37.3 Å². The van der Waals surface area contributed by atoms with Crippen LogP contribution in [0.2, 0.25) is 0 Å². The number of carbonyl (C=O) groups is 2. The monoisotopic (exact) mass is 488 g/mol. The Balaban J connectivity index is 1.50. The first kappa shape index (κ1) is 24.4. The Kier molecular flexibility index (Phi) is 7.35. The van der Waals surface area contributed by atoms with Crippen molar-refractivity contribution < 1.29 is 22.7 Å². The van der Waals surface area contributed by atoms with Crippen LogP contribution in [-0.4, -0.2) is 70.2 Å². The van der Waals surface area contributed by atoms with Crippen molar-refractivity contribution in [3.8, 4) is 5.82 Å². The highest BCUT2D eigenvalue weighted by molar-refractivity contribution is 7.91. The van der Waals surface area contributed by atoms with Crippen LogP contribution in [-0.2, 0) is 19.4 Å². The van der Waals surface area contributed by atoms with Crippen LogP contribution in [0.1, 0.15) is 74.3 Å². The van der Waals surface area contributed by atoms with Crippen molar-refractivity contribution in [3.63, 3.8) is 0 Å². The molecule has 0 bridgehead atoms. The topological polar surface area (TPSA) is 111 Å². The number of hydrogen-bond donors (Lipinski definition) is 0. The Morgan fingerprint density at radius 3 is 2.53 bits per heavy atom. The van der Waals surface area contributed by atoms with Crippen molar-refractivity contribution in [3.05, 3.63) is 41.9 Å². The molecule has 0 N–H and O–H groups in total. The summed E-state index contributed by atoms with van der Waals surface area (Å²) in [6.45, 7) is 3.48. The lowest BCUT2D eigenvalue weighted by atomic mass is 9.93. The van der Waals surface area contributed by atoms with Crippen LogP contribution in [0.5, 0.6) is 0 Å². The summed E-state index contributed by atoms with van der Waals surface area (Å²) in [6, 6.07) is 5.09. The average Bonchev–Trinajstić information content (AvgIpc) is 3.42. The predicted octanol–water partition coefficient (Wildman–Crippen LogP) is 2.90. The largest absolute Gasteiger partial charge is 0.452 e. The molecule has 0 spiro atoms. The van der Waals surface area contributed by atoms with Gasteiger partial charge in [0.05, 0.1) is 23.4 Å². The Labute approximate surface area is 200 Å². The van der Waals surface area contributed by atoms with Gasteiger partial charge in [-0.25, -0.2) is 22.9 Å². The molecule has 10 heteroatoms. The number of pyridine rings is 1. The lowest BCUT2D eigenvalue weighted by Crippen LogP contribution is -2.50. The first-order chi connectivity index (χ1) is 16.3. The normalized spacial score (nSPS) is 20.4. The number of sulfone groups is 1. The minimum atomic E-state index is -3.14. The lowest BCUT2D eigenvalue weighted by Gasteiger charge is -2.38. The molecule has 0 aromatic carbocycles. The molecule has 2 aromatic rings. The van der Waals surface area contributed by atoms with Gasteiger partial charge >= 0.3 is 5.97 Å². The van der Waals surface area contributed by atoms with Crippen LogP contribution in [0.15, 0.2) is 30.6 Å². The zero-order valence-corrected chi connectivity index (χ0v) is 20.5. The third-order valence-corrected chi connectivity index (χ3v) is 8.37. The fourth-order valence-electron chi connectivity index (χ4n) is 5.07. The Morgan fingerprint density at radius 1 is 1.15 bits per heavy atom. The molecule has 1 unspecified atom stereocenters. The van der Waals surface area contributed by atoms with Gasteiger partial charge in [-0.3, -0.25) is 4.79 Å². The van der Waals surface area contributed by atoms with Gasteiger partial charge in [0.25, 0.3) is 5.91 Å². The van der Waals surface area contributed by atoms with E-state index in [-0.39, 0.29) is 35.4 Å². The second kappa shape index (κ2) is 10.2. The van der Waals surface area contributed by atoms with Crippen molar-refractivity contribution in [2.24, 2.45) is 0 Å². The van der Waals surface area contributed by atoms with E-state index in [9.17, 15) is 18.0 Å². The molecular formula is C24H32N4O5S. The van der Waals surface area contributed by atoms with E-state index in [0.717, 1.165) is 32.1 Å². The number of nitrogens with zero attached hydrogens (tertiary/aromatic N) is 4. The van der Waals surface area contributed by atoms with Gasteiger partial charge in [-0.2, -0.15) is 5.10 Å². The van der Waals surface area contributed by atoms with Crippen molar-refractivity contribution in [1.82, 2.24) is 19.7 Å². The third-order valence-electron chi connectivity index (χ3n) is 6.62. The molecule has 34 heavy (non-hydrogen) atoms. The molecule has 2 aliphatic rings. The molecule has 184 valence electrons. The van der Waals surface area contributed by atoms with Crippen LogP contribution in [0.4, 0.5) is 0 Å². The van der Waals surface area contributed by atoms with E-state index < -0.39 is 22.4 Å².